The fraction of sp³-hybridized carbons (Fsp3) is 0.800. The van der Waals surface area contributed by atoms with E-state index in [0.717, 1.165) is 12.8 Å². The minimum absolute atomic E-state index is 0.212. The van der Waals surface area contributed by atoms with Crippen molar-refractivity contribution >= 4 is 12.0 Å². The van der Waals surface area contributed by atoms with Gasteiger partial charge in [0.25, 0.3) is 0 Å². The number of carbonyl (C=O) groups is 2. The molecule has 0 aliphatic heterocycles. The van der Waals surface area contributed by atoms with Gasteiger partial charge in [-0.1, -0.05) is 13.3 Å². The third kappa shape index (κ3) is 3.42. The number of aliphatic carboxylic acids is 1. The average molecular weight is 214 g/mol. The van der Waals surface area contributed by atoms with Crippen LogP contribution in [0.2, 0.25) is 0 Å². The first kappa shape index (κ1) is 11.8. The van der Waals surface area contributed by atoms with Crippen molar-refractivity contribution in [1.29, 1.82) is 0 Å². The van der Waals surface area contributed by atoms with Crippen LogP contribution in [0, 0.1) is 5.41 Å². The fourth-order valence-electron chi connectivity index (χ4n) is 1.56. The van der Waals surface area contributed by atoms with Crippen molar-refractivity contribution in [2.45, 2.75) is 39.2 Å². The van der Waals surface area contributed by atoms with Crippen molar-refractivity contribution in [2.24, 2.45) is 5.41 Å². The second-order valence-electron chi connectivity index (χ2n) is 4.55. The standard InChI is InChI=1S/C10H18N2O3/c1-7(8(13)14)12-9(15)11-6-10(2)4-3-5-10/h7H,3-6H2,1-2H3,(H,13,14)(H2,11,12,15)/t7-/m1/s1. The first-order valence-corrected chi connectivity index (χ1v) is 5.20. The summed E-state index contributed by atoms with van der Waals surface area (Å²) in [5, 5.41) is 13.6. The van der Waals surface area contributed by atoms with E-state index in [-0.39, 0.29) is 5.41 Å². The number of nitrogens with one attached hydrogen (secondary N) is 2. The molecule has 2 amide bonds. The van der Waals surface area contributed by atoms with Gasteiger partial charge in [-0.25, -0.2) is 4.79 Å². The Morgan fingerprint density at radius 3 is 2.47 bits per heavy atom. The summed E-state index contributed by atoms with van der Waals surface area (Å²) in [6, 6.07) is -1.25. The predicted molar refractivity (Wildman–Crippen MR) is 55.6 cm³/mol. The highest BCUT2D eigenvalue weighted by Crippen LogP contribution is 2.39. The van der Waals surface area contributed by atoms with Crippen LogP contribution in [0.1, 0.15) is 33.1 Å². The number of hydrogen-bond donors (Lipinski definition) is 3. The van der Waals surface area contributed by atoms with E-state index < -0.39 is 18.0 Å². The van der Waals surface area contributed by atoms with Crippen LogP contribution in [-0.4, -0.2) is 29.7 Å². The summed E-state index contributed by atoms with van der Waals surface area (Å²) in [4.78, 5) is 21.7. The highest BCUT2D eigenvalue weighted by molar-refractivity contribution is 5.82. The topological polar surface area (TPSA) is 78.4 Å². The monoisotopic (exact) mass is 214 g/mol. The molecular formula is C10H18N2O3. The summed E-state index contributed by atoms with van der Waals surface area (Å²) in [7, 11) is 0. The molecule has 0 radical (unpaired) electrons. The Balaban J connectivity index is 2.21. The molecule has 1 aliphatic carbocycles. The molecule has 0 aromatic carbocycles. The van der Waals surface area contributed by atoms with E-state index in [1.165, 1.54) is 13.3 Å². The highest BCUT2D eigenvalue weighted by Gasteiger charge is 2.31. The van der Waals surface area contributed by atoms with E-state index >= 15 is 0 Å². The van der Waals surface area contributed by atoms with Gasteiger partial charge in [-0.15, -0.1) is 0 Å². The molecule has 0 aromatic rings. The average Bonchev–Trinajstić information content (AvgIpc) is 2.11. The van der Waals surface area contributed by atoms with Gasteiger partial charge in [0.1, 0.15) is 6.04 Å². The van der Waals surface area contributed by atoms with Crippen molar-refractivity contribution in [3.8, 4) is 0 Å². The van der Waals surface area contributed by atoms with Gasteiger partial charge in [0.15, 0.2) is 0 Å². The lowest BCUT2D eigenvalue weighted by molar-refractivity contribution is -0.138. The zero-order chi connectivity index (χ0) is 11.5. The van der Waals surface area contributed by atoms with Crippen LogP contribution in [-0.2, 0) is 4.79 Å². The molecule has 1 atom stereocenters. The Morgan fingerprint density at radius 1 is 1.47 bits per heavy atom. The van der Waals surface area contributed by atoms with E-state index in [9.17, 15) is 9.59 Å². The number of rotatable bonds is 4. The molecule has 0 bridgehead atoms. The van der Waals surface area contributed by atoms with Crippen LogP contribution < -0.4 is 10.6 Å². The number of carboxylic acid groups (broad SMARTS) is 1. The SMILES string of the molecule is C[C@@H](NC(=O)NCC1(C)CCC1)C(=O)O. The Kier molecular flexibility index (Phi) is 3.55. The van der Waals surface area contributed by atoms with Crippen molar-refractivity contribution in [3.05, 3.63) is 0 Å². The van der Waals surface area contributed by atoms with Gasteiger partial charge in [-0.05, 0) is 25.2 Å². The molecule has 1 aliphatic rings. The largest absolute Gasteiger partial charge is 0.480 e. The molecule has 86 valence electrons. The van der Waals surface area contributed by atoms with Crippen LogP contribution in [0.4, 0.5) is 4.79 Å². The Morgan fingerprint density at radius 2 is 2.07 bits per heavy atom. The maximum atomic E-state index is 11.3. The number of carboxylic acids is 1. The van der Waals surface area contributed by atoms with Gasteiger partial charge in [0.2, 0.25) is 0 Å². The van der Waals surface area contributed by atoms with Gasteiger partial charge in [-0.3, -0.25) is 4.79 Å². The summed E-state index contributed by atoms with van der Waals surface area (Å²) in [5.41, 5.74) is 0.212. The van der Waals surface area contributed by atoms with Gasteiger partial charge in [0.05, 0.1) is 0 Å². The molecule has 1 fully saturated rings. The lowest BCUT2D eigenvalue weighted by atomic mass is 9.70. The molecule has 1 rings (SSSR count). The van der Waals surface area contributed by atoms with E-state index in [1.54, 1.807) is 0 Å². The lowest BCUT2D eigenvalue weighted by Gasteiger charge is -2.38. The minimum Gasteiger partial charge on any atom is -0.480 e. The molecule has 0 saturated heterocycles. The Bertz CT molecular complexity index is 261. The van der Waals surface area contributed by atoms with Crippen LogP contribution in [0.5, 0.6) is 0 Å². The Labute approximate surface area is 89.2 Å². The van der Waals surface area contributed by atoms with Crippen LogP contribution in [0.25, 0.3) is 0 Å². The highest BCUT2D eigenvalue weighted by atomic mass is 16.4. The fourth-order valence-corrected chi connectivity index (χ4v) is 1.56. The maximum Gasteiger partial charge on any atom is 0.325 e. The molecule has 0 spiro atoms. The number of urea groups is 1. The Hall–Kier alpha value is -1.26. The number of carbonyl (C=O) groups excluding carboxylic acids is 1. The number of amides is 2. The van der Waals surface area contributed by atoms with Gasteiger partial charge < -0.3 is 15.7 Å². The van der Waals surface area contributed by atoms with E-state index in [1.807, 2.05) is 0 Å². The number of hydrogen-bond acceptors (Lipinski definition) is 2. The zero-order valence-electron chi connectivity index (χ0n) is 9.17. The molecule has 0 aromatic heterocycles. The first-order chi connectivity index (χ1) is 6.93. The quantitative estimate of drug-likeness (QED) is 0.652. The van der Waals surface area contributed by atoms with Gasteiger partial charge in [0, 0.05) is 6.54 Å². The van der Waals surface area contributed by atoms with Crippen LogP contribution >= 0.6 is 0 Å². The minimum atomic E-state index is -1.03. The normalized spacial score (nSPS) is 19.9. The lowest BCUT2D eigenvalue weighted by Crippen LogP contribution is -2.48. The molecule has 5 nitrogen and oxygen atoms in total. The van der Waals surface area contributed by atoms with E-state index in [2.05, 4.69) is 17.6 Å². The third-order valence-corrected chi connectivity index (χ3v) is 2.95. The second-order valence-corrected chi connectivity index (χ2v) is 4.55. The van der Waals surface area contributed by atoms with Gasteiger partial charge in [-0.2, -0.15) is 0 Å². The predicted octanol–water partition coefficient (Wildman–Crippen LogP) is 0.949. The molecule has 1 saturated carbocycles. The third-order valence-electron chi connectivity index (χ3n) is 2.95. The van der Waals surface area contributed by atoms with Crippen molar-refractivity contribution in [3.63, 3.8) is 0 Å². The van der Waals surface area contributed by atoms with E-state index in [4.69, 9.17) is 5.11 Å². The van der Waals surface area contributed by atoms with Gasteiger partial charge >= 0.3 is 12.0 Å². The van der Waals surface area contributed by atoms with Crippen LogP contribution in [0.3, 0.4) is 0 Å². The molecule has 0 unspecified atom stereocenters. The second kappa shape index (κ2) is 4.51. The molecular weight excluding hydrogens is 196 g/mol. The van der Waals surface area contributed by atoms with Crippen molar-refractivity contribution < 1.29 is 14.7 Å². The summed E-state index contributed by atoms with van der Waals surface area (Å²) in [6.45, 7) is 4.18. The zero-order valence-corrected chi connectivity index (χ0v) is 9.17. The molecule has 5 heteroatoms. The maximum absolute atomic E-state index is 11.3. The first-order valence-electron chi connectivity index (χ1n) is 5.20. The summed E-state index contributed by atoms with van der Waals surface area (Å²) >= 11 is 0. The smallest absolute Gasteiger partial charge is 0.325 e. The molecule has 0 heterocycles. The summed E-state index contributed by atoms with van der Waals surface area (Å²) in [5.74, 6) is -1.03. The molecule has 3 N–H and O–H groups in total. The van der Waals surface area contributed by atoms with Crippen molar-refractivity contribution in [1.82, 2.24) is 10.6 Å². The van der Waals surface area contributed by atoms with E-state index in [0.29, 0.717) is 6.54 Å². The summed E-state index contributed by atoms with van der Waals surface area (Å²) < 4.78 is 0. The van der Waals surface area contributed by atoms with Crippen LogP contribution in [0.15, 0.2) is 0 Å². The summed E-state index contributed by atoms with van der Waals surface area (Å²) in [6.07, 6.45) is 3.47. The van der Waals surface area contributed by atoms with Crippen molar-refractivity contribution in [2.75, 3.05) is 6.54 Å². The molecule has 15 heavy (non-hydrogen) atoms.